The molecule has 1 unspecified atom stereocenters. The summed E-state index contributed by atoms with van der Waals surface area (Å²) >= 11 is 0. The minimum absolute atomic E-state index is 0.0816. The van der Waals surface area contributed by atoms with E-state index in [1.165, 1.54) is 4.90 Å². The second-order valence-corrected chi connectivity index (χ2v) is 4.97. The number of hydrogen-bond acceptors (Lipinski definition) is 3. The third-order valence-corrected chi connectivity index (χ3v) is 2.90. The Morgan fingerprint density at radius 2 is 2.05 bits per heavy atom. The Bertz CT molecular complexity index is 357. The molecule has 0 aromatic rings. The second kappa shape index (κ2) is 6.96. The van der Waals surface area contributed by atoms with Gasteiger partial charge in [0.25, 0.3) is 0 Å². The minimum atomic E-state index is -0.869. The van der Waals surface area contributed by atoms with Crippen molar-refractivity contribution in [2.24, 2.45) is 5.92 Å². The van der Waals surface area contributed by atoms with Crippen LogP contribution in [0, 0.1) is 5.92 Å². The average molecular weight is 271 g/mol. The highest BCUT2D eigenvalue weighted by atomic mass is 16.4. The summed E-state index contributed by atoms with van der Waals surface area (Å²) in [5.41, 5.74) is 0. The lowest BCUT2D eigenvalue weighted by molar-refractivity contribution is -0.141. The molecule has 19 heavy (non-hydrogen) atoms. The molecule has 1 aliphatic heterocycles. The fraction of sp³-hybridized carbons (Fsp3) is 0.750. The number of nitrogens with one attached hydrogen (secondary N) is 2. The van der Waals surface area contributed by atoms with Crippen molar-refractivity contribution in [1.29, 1.82) is 0 Å². The summed E-state index contributed by atoms with van der Waals surface area (Å²) in [6, 6.07) is -0.223. The van der Waals surface area contributed by atoms with Gasteiger partial charge in [-0.05, 0) is 20.3 Å². The number of likely N-dealkylation sites (tertiary alicyclic amines) is 1. The monoisotopic (exact) mass is 271 g/mol. The summed E-state index contributed by atoms with van der Waals surface area (Å²) in [6.45, 7) is 4.67. The summed E-state index contributed by atoms with van der Waals surface area (Å²) in [7, 11) is 0. The lowest BCUT2D eigenvalue weighted by atomic mass is 10.1. The van der Waals surface area contributed by atoms with Crippen molar-refractivity contribution in [2.45, 2.75) is 32.7 Å². The molecule has 1 heterocycles. The Morgan fingerprint density at radius 1 is 1.37 bits per heavy atom. The topological polar surface area (TPSA) is 98.7 Å². The molecule has 1 rings (SSSR count). The molecule has 7 nitrogen and oxygen atoms in total. The van der Waals surface area contributed by atoms with Crippen molar-refractivity contribution in [2.75, 3.05) is 19.6 Å². The molecule has 3 N–H and O–H groups in total. The van der Waals surface area contributed by atoms with Gasteiger partial charge in [-0.2, -0.15) is 0 Å². The number of carboxylic acid groups (broad SMARTS) is 1. The van der Waals surface area contributed by atoms with Gasteiger partial charge in [-0.15, -0.1) is 0 Å². The van der Waals surface area contributed by atoms with Gasteiger partial charge in [-0.25, -0.2) is 4.79 Å². The largest absolute Gasteiger partial charge is 0.481 e. The molecule has 0 aromatic carbocycles. The van der Waals surface area contributed by atoms with Crippen LogP contribution in [0.15, 0.2) is 0 Å². The van der Waals surface area contributed by atoms with Crippen molar-refractivity contribution < 1.29 is 19.5 Å². The predicted molar refractivity (Wildman–Crippen MR) is 68.6 cm³/mol. The molecule has 1 atom stereocenters. The Balaban J connectivity index is 2.22. The summed E-state index contributed by atoms with van der Waals surface area (Å²) in [4.78, 5) is 35.3. The zero-order valence-corrected chi connectivity index (χ0v) is 11.3. The van der Waals surface area contributed by atoms with Gasteiger partial charge in [0.15, 0.2) is 0 Å². The van der Waals surface area contributed by atoms with Crippen LogP contribution in [0.3, 0.4) is 0 Å². The van der Waals surface area contributed by atoms with E-state index in [0.29, 0.717) is 13.0 Å². The SMILES string of the molecule is CC(C)NC(=O)CCNC(=O)N1CCC(C(=O)O)C1. The van der Waals surface area contributed by atoms with E-state index in [0.717, 1.165) is 0 Å². The van der Waals surface area contributed by atoms with Gasteiger partial charge in [0.05, 0.1) is 5.92 Å². The van der Waals surface area contributed by atoms with E-state index in [-0.39, 0.29) is 37.5 Å². The number of rotatable bonds is 5. The highest BCUT2D eigenvalue weighted by Gasteiger charge is 2.30. The van der Waals surface area contributed by atoms with Gasteiger partial charge >= 0.3 is 12.0 Å². The number of nitrogens with zero attached hydrogens (tertiary/aromatic N) is 1. The molecule has 1 saturated heterocycles. The van der Waals surface area contributed by atoms with Crippen molar-refractivity contribution in [1.82, 2.24) is 15.5 Å². The molecule has 108 valence electrons. The molecule has 0 bridgehead atoms. The molecule has 1 aliphatic rings. The van der Waals surface area contributed by atoms with Crippen LogP contribution in [-0.4, -0.2) is 53.6 Å². The van der Waals surface area contributed by atoms with E-state index < -0.39 is 11.9 Å². The molecular weight excluding hydrogens is 250 g/mol. The maximum atomic E-state index is 11.7. The van der Waals surface area contributed by atoms with Crippen molar-refractivity contribution >= 4 is 17.9 Å². The zero-order valence-electron chi connectivity index (χ0n) is 11.3. The number of carboxylic acids is 1. The van der Waals surface area contributed by atoms with E-state index in [2.05, 4.69) is 10.6 Å². The maximum Gasteiger partial charge on any atom is 0.317 e. The van der Waals surface area contributed by atoms with Gasteiger partial charge in [-0.1, -0.05) is 0 Å². The van der Waals surface area contributed by atoms with Gasteiger partial charge in [0, 0.05) is 32.1 Å². The normalized spacial score (nSPS) is 18.5. The summed E-state index contributed by atoms with van der Waals surface area (Å²) in [6.07, 6.45) is 0.705. The van der Waals surface area contributed by atoms with E-state index >= 15 is 0 Å². The van der Waals surface area contributed by atoms with E-state index in [1.807, 2.05) is 13.8 Å². The smallest absolute Gasteiger partial charge is 0.317 e. The summed E-state index contributed by atoms with van der Waals surface area (Å²) in [5.74, 6) is -1.46. The first-order chi connectivity index (χ1) is 8.90. The van der Waals surface area contributed by atoms with Crippen LogP contribution in [0.2, 0.25) is 0 Å². The molecule has 0 spiro atoms. The Morgan fingerprint density at radius 3 is 2.58 bits per heavy atom. The highest BCUT2D eigenvalue weighted by Crippen LogP contribution is 2.15. The van der Waals surface area contributed by atoms with E-state index in [1.54, 1.807) is 0 Å². The van der Waals surface area contributed by atoms with Gasteiger partial charge in [0.1, 0.15) is 0 Å². The predicted octanol–water partition coefficient (Wildman–Crippen LogP) is 0.0172. The third kappa shape index (κ3) is 5.15. The van der Waals surface area contributed by atoms with Crippen molar-refractivity contribution in [3.05, 3.63) is 0 Å². The molecular formula is C12H21N3O4. The van der Waals surface area contributed by atoms with Crippen LogP contribution in [0.4, 0.5) is 4.79 Å². The molecule has 0 aromatic heterocycles. The molecule has 3 amide bonds. The second-order valence-electron chi connectivity index (χ2n) is 4.97. The van der Waals surface area contributed by atoms with Gasteiger partial charge in [-0.3, -0.25) is 9.59 Å². The average Bonchev–Trinajstić information content (AvgIpc) is 2.76. The van der Waals surface area contributed by atoms with Crippen LogP contribution in [0.1, 0.15) is 26.7 Å². The molecule has 0 aliphatic carbocycles. The highest BCUT2D eigenvalue weighted by molar-refractivity contribution is 5.79. The maximum absolute atomic E-state index is 11.7. The van der Waals surface area contributed by atoms with Crippen LogP contribution >= 0.6 is 0 Å². The summed E-state index contributed by atoms with van der Waals surface area (Å²) < 4.78 is 0. The van der Waals surface area contributed by atoms with Gasteiger partial charge < -0.3 is 20.6 Å². The van der Waals surface area contributed by atoms with Crippen molar-refractivity contribution in [3.63, 3.8) is 0 Å². The third-order valence-electron chi connectivity index (χ3n) is 2.90. The lowest BCUT2D eigenvalue weighted by Gasteiger charge is -2.16. The first-order valence-corrected chi connectivity index (χ1v) is 6.45. The summed E-state index contributed by atoms with van der Waals surface area (Å²) in [5, 5.41) is 14.2. The minimum Gasteiger partial charge on any atom is -0.481 e. The fourth-order valence-corrected chi connectivity index (χ4v) is 1.94. The fourth-order valence-electron chi connectivity index (χ4n) is 1.94. The Hall–Kier alpha value is -1.79. The van der Waals surface area contributed by atoms with E-state index in [4.69, 9.17) is 5.11 Å². The first-order valence-electron chi connectivity index (χ1n) is 6.45. The van der Waals surface area contributed by atoms with E-state index in [9.17, 15) is 14.4 Å². The standard InChI is InChI=1S/C12H21N3O4/c1-8(2)14-10(16)3-5-13-12(19)15-6-4-9(7-15)11(17)18/h8-9H,3-7H2,1-2H3,(H,13,19)(H,14,16)(H,17,18). The number of carbonyl (C=O) groups excluding carboxylic acids is 2. The van der Waals surface area contributed by atoms with Crippen LogP contribution in [-0.2, 0) is 9.59 Å². The number of hydrogen-bond donors (Lipinski definition) is 3. The van der Waals surface area contributed by atoms with Crippen molar-refractivity contribution in [3.8, 4) is 0 Å². The Labute approximate surface area is 112 Å². The molecule has 0 saturated carbocycles. The molecule has 1 fully saturated rings. The van der Waals surface area contributed by atoms with Crippen LogP contribution < -0.4 is 10.6 Å². The molecule has 7 heteroatoms. The number of carbonyl (C=O) groups is 3. The molecule has 0 radical (unpaired) electrons. The quantitative estimate of drug-likeness (QED) is 0.656. The Kier molecular flexibility index (Phi) is 5.59. The van der Waals surface area contributed by atoms with Gasteiger partial charge in [0.2, 0.25) is 5.91 Å². The number of urea groups is 1. The lowest BCUT2D eigenvalue weighted by Crippen LogP contribution is -2.41. The first kappa shape index (κ1) is 15.3. The van der Waals surface area contributed by atoms with Crippen LogP contribution in [0.25, 0.3) is 0 Å². The zero-order chi connectivity index (χ0) is 14.4. The number of amides is 3. The van der Waals surface area contributed by atoms with Crippen LogP contribution in [0.5, 0.6) is 0 Å². The number of aliphatic carboxylic acids is 1.